The zero-order chi connectivity index (χ0) is 12.5. The van der Waals surface area contributed by atoms with Crippen LogP contribution in [0.25, 0.3) is 0 Å². The Bertz CT molecular complexity index is 454. The van der Waals surface area contributed by atoms with Crippen LogP contribution in [-0.2, 0) is 9.53 Å². The summed E-state index contributed by atoms with van der Waals surface area (Å²) in [4.78, 5) is 13.4. The Labute approximate surface area is 106 Å². The topological polar surface area (TPSA) is 49.8 Å². The fourth-order valence-electron chi connectivity index (χ4n) is 2.91. The lowest BCUT2D eigenvalue weighted by atomic mass is 10.0. The Morgan fingerprint density at radius 2 is 2.28 bits per heavy atom. The van der Waals surface area contributed by atoms with Crippen molar-refractivity contribution in [1.29, 1.82) is 0 Å². The van der Waals surface area contributed by atoms with Gasteiger partial charge in [-0.2, -0.15) is 0 Å². The molecule has 2 aliphatic rings. The van der Waals surface area contributed by atoms with Crippen molar-refractivity contribution in [2.45, 2.75) is 24.9 Å². The number of benzene rings is 1. The van der Waals surface area contributed by atoms with Crippen molar-refractivity contribution in [2.24, 2.45) is 0 Å². The van der Waals surface area contributed by atoms with Crippen LogP contribution in [0.3, 0.4) is 0 Å². The lowest BCUT2D eigenvalue weighted by Crippen LogP contribution is -2.32. The van der Waals surface area contributed by atoms with Gasteiger partial charge in [0.1, 0.15) is 5.92 Å². The Hall–Kier alpha value is -1.55. The van der Waals surface area contributed by atoms with Gasteiger partial charge in [-0.25, -0.2) is 0 Å². The molecule has 2 aliphatic heterocycles. The van der Waals surface area contributed by atoms with Gasteiger partial charge in [-0.3, -0.25) is 4.79 Å². The van der Waals surface area contributed by atoms with Crippen molar-refractivity contribution in [2.75, 3.05) is 24.6 Å². The Balaban J connectivity index is 1.82. The van der Waals surface area contributed by atoms with Crippen LogP contribution in [-0.4, -0.2) is 36.9 Å². The zero-order valence-electron chi connectivity index (χ0n) is 10.2. The number of nitrogens with zero attached hydrogens (tertiary/aromatic N) is 1. The van der Waals surface area contributed by atoms with Crippen LogP contribution in [0.4, 0.5) is 5.69 Å². The molecule has 4 nitrogen and oxygen atoms in total. The van der Waals surface area contributed by atoms with Crippen LogP contribution >= 0.6 is 0 Å². The van der Waals surface area contributed by atoms with Crippen molar-refractivity contribution >= 4 is 11.7 Å². The van der Waals surface area contributed by atoms with Gasteiger partial charge < -0.3 is 14.7 Å². The molecule has 3 rings (SSSR count). The highest BCUT2D eigenvalue weighted by molar-refractivity contribution is 5.82. The fraction of sp³-hybridized carbons (Fsp3) is 0.500. The zero-order valence-corrected chi connectivity index (χ0v) is 10.2. The van der Waals surface area contributed by atoms with Gasteiger partial charge in [-0.05, 0) is 24.5 Å². The maximum Gasteiger partial charge on any atom is 0.312 e. The predicted molar refractivity (Wildman–Crippen MR) is 68.0 cm³/mol. The Morgan fingerprint density at radius 3 is 3.00 bits per heavy atom. The number of carboxylic acid groups (broad SMARTS) is 1. The normalized spacial score (nSPS) is 26.3. The summed E-state index contributed by atoms with van der Waals surface area (Å²) in [6.45, 7) is 2.21. The summed E-state index contributed by atoms with van der Waals surface area (Å²) >= 11 is 0. The molecule has 0 bridgehead atoms. The van der Waals surface area contributed by atoms with Gasteiger partial charge in [0.05, 0.1) is 6.10 Å². The molecule has 0 aromatic heterocycles. The summed E-state index contributed by atoms with van der Waals surface area (Å²) in [5, 5.41) is 9.28. The quantitative estimate of drug-likeness (QED) is 0.885. The molecule has 1 aromatic carbocycles. The molecule has 0 spiro atoms. The first-order chi connectivity index (χ1) is 8.75. The summed E-state index contributed by atoms with van der Waals surface area (Å²) in [6, 6.07) is 7.80. The molecule has 1 aromatic rings. The number of para-hydroxylation sites is 1. The minimum Gasteiger partial charge on any atom is -0.481 e. The van der Waals surface area contributed by atoms with Gasteiger partial charge in [0.25, 0.3) is 0 Å². The van der Waals surface area contributed by atoms with E-state index in [-0.39, 0.29) is 6.10 Å². The molecule has 18 heavy (non-hydrogen) atoms. The minimum absolute atomic E-state index is 0.255. The average molecular weight is 247 g/mol. The van der Waals surface area contributed by atoms with Crippen LogP contribution in [0.15, 0.2) is 24.3 Å². The van der Waals surface area contributed by atoms with Crippen LogP contribution in [0.1, 0.15) is 24.3 Å². The lowest BCUT2D eigenvalue weighted by molar-refractivity contribution is -0.138. The van der Waals surface area contributed by atoms with E-state index in [1.54, 1.807) is 0 Å². The van der Waals surface area contributed by atoms with Gasteiger partial charge in [0.15, 0.2) is 0 Å². The van der Waals surface area contributed by atoms with Gasteiger partial charge in [-0.1, -0.05) is 18.2 Å². The smallest absolute Gasteiger partial charge is 0.312 e. The van der Waals surface area contributed by atoms with Gasteiger partial charge >= 0.3 is 5.97 Å². The fourth-order valence-corrected chi connectivity index (χ4v) is 2.91. The number of aliphatic carboxylic acids is 1. The summed E-state index contributed by atoms with van der Waals surface area (Å²) < 4.78 is 5.64. The van der Waals surface area contributed by atoms with Crippen LogP contribution in [0.2, 0.25) is 0 Å². The second-order valence-corrected chi connectivity index (χ2v) is 4.99. The number of fused-ring (bicyclic) bond motifs is 1. The standard InChI is InChI=1S/C14H17NO3/c16-14(17)12-9-15(8-10-4-3-7-18-10)13-6-2-1-5-11(12)13/h1-2,5-6,10,12H,3-4,7-9H2,(H,16,17). The van der Waals surface area contributed by atoms with E-state index in [0.717, 1.165) is 37.2 Å². The summed E-state index contributed by atoms with van der Waals surface area (Å²) in [7, 11) is 0. The molecule has 1 N–H and O–H groups in total. The number of hydrogen-bond donors (Lipinski definition) is 1. The van der Waals surface area contributed by atoms with Crippen molar-refractivity contribution in [3.63, 3.8) is 0 Å². The number of rotatable bonds is 3. The molecule has 1 fully saturated rings. The molecule has 1 saturated heterocycles. The highest BCUT2D eigenvalue weighted by Crippen LogP contribution is 2.36. The molecule has 2 heterocycles. The molecule has 2 unspecified atom stereocenters. The van der Waals surface area contributed by atoms with E-state index in [9.17, 15) is 9.90 Å². The molecule has 2 atom stereocenters. The summed E-state index contributed by atoms with van der Waals surface area (Å²) in [5.74, 6) is -1.14. The van der Waals surface area contributed by atoms with Crippen LogP contribution in [0, 0.1) is 0 Å². The first-order valence-corrected chi connectivity index (χ1v) is 6.44. The molecule has 0 radical (unpaired) electrons. The van der Waals surface area contributed by atoms with Crippen molar-refractivity contribution < 1.29 is 14.6 Å². The minimum atomic E-state index is -0.739. The highest BCUT2D eigenvalue weighted by atomic mass is 16.5. The third-order valence-electron chi connectivity index (χ3n) is 3.80. The van der Waals surface area contributed by atoms with Gasteiger partial charge in [-0.15, -0.1) is 0 Å². The van der Waals surface area contributed by atoms with E-state index in [1.807, 2.05) is 24.3 Å². The largest absolute Gasteiger partial charge is 0.481 e. The Kier molecular flexibility index (Phi) is 2.96. The third-order valence-corrected chi connectivity index (χ3v) is 3.80. The number of ether oxygens (including phenoxy) is 1. The predicted octanol–water partition coefficient (Wildman–Crippen LogP) is 1.85. The number of anilines is 1. The van der Waals surface area contributed by atoms with Crippen molar-refractivity contribution in [3.8, 4) is 0 Å². The van der Waals surface area contributed by atoms with E-state index in [4.69, 9.17) is 4.74 Å². The van der Waals surface area contributed by atoms with E-state index in [1.165, 1.54) is 0 Å². The maximum absolute atomic E-state index is 11.3. The Morgan fingerprint density at radius 1 is 1.44 bits per heavy atom. The van der Waals surface area contributed by atoms with Crippen molar-refractivity contribution in [1.82, 2.24) is 0 Å². The summed E-state index contributed by atoms with van der Waals surface area (Å²) in [6.07, 6.45) is 2.45. The average Bonchev–Trinajstić information content (AvgIpc) is 2.98. The first kappa shape index (κ1) is 11.5. The van der Waals surface area contributed by atoms with E-state index >= 15 is 0 Å². The lowest BCUT2D eigenvalue weighted by Gasteiger charge is -2.23. The molecular weight excluding hydrogens is 230 g/mol. The van der Waals surface area contributed by atoms with Crippen molar-refractivity contribution in [3.05, 3.63) is 29.8 Å². The number of carbonyl (C=O) groups is 1. The van der Waals surface area contributed by atoms with E-state index < -0.39 is 11.9 Å². The van der Waals surface area contributed by atoms with E-state index in [2.05, 4.69) is 4.90 Å². The first-order valence-electron chi connectivity index (χ1n) is 6.44. The molecule has 4 heteroatoms. The van der Waals surface area contributed by atoms with Gasteiger partial charge in [0, 0.05) is 25.4 Å². The summed E-state index contributed by atoms with van der Waals surface area (Å²) in [5.41, 5.74) is 1.99. The molecule has 0 aliphatic carbocycles. The second kappa shape index (κ2) is 4.61. The molecule has 0 saturated carbocycles. The SMILES string of the molecule is O=C(O)C1CN(CC2CCCO2)c2ccccc21. The monoisotopic (exact) mass is 247 g/mol. The third kappa shape index (κ3) is 1.97. The van der Waals surface area contributed by atoms with Crippen LogP contribution < -0.4 is 4.90 Å². The second-order valence-electron chi connectivity index (χ2n) is 4.99. The molecule has 0 amide bonds. The van der Waals surface area contributed by atoms with E-state index in [0.29, 0.717) is 6.54 Å². The highest BCUT2D eigenvalue weighted by Gasteiger charge is 2.34. The number of hydrogen-bond acceptors (Lipinski definition) is 3. The van der Waals surface area contributed by atoms with Gasteiger partial charge in [0.2, 0.25) is 0 Å². The number of carboxylic acids is 1. The van der Waals surface area contributed by atoms with Crippen LogP contribution in [0.5, 0.6) is 0 Å². The maximum atomic E-state index is 11.3. The molecule has 96 valence electrons. The molecular formula is C14H17NO3.